The summed E-state index contributed by atoms with van der Waals surface area (Å²) < 4.78 is 5.83. The molecule has 10 nitrogen and oxygen atoms in total. The van der Waals surface area contributed by atoms with E-state index in [1.165, 1.54) is 11.3 Å². The Morgan fingerprint density at radius 1 is 1.02 bits per heavy atom. The average molecular weight is 567 g/mol. The van der Waals surface area contributed by atoms with Crippen LogP contribution < -0.4 is 15.8 Å². The fourth-order valence-corrected chi connectivity index (χ4v) is 6.99. The van der Waals surface area contributed by atoms with Crippen molar-refractivity contribution >= 4 is 23.2 Å². The molecule has 42 heavy (non-hydrogen) atoms. The molecule has 0 atom stereocenters. The normalized spacial score (nSPS) is 17.7. The van der Waals surface area contributed by atoms with E-state index in [0.717, 1.165) is 67.1 Å². The number of hydrogen-bond acceptors (Lipinski definition) is 6. The highest BCUT2D eigenvalue weighted by molar-refractivity contribution is 6.06. The number of rotatable bonds is 5. The van der Waals surface area contributed by atoms with Crippen LogP contribution in [-0.2, 0) is 45.9 Å². The Morgan fingerprint density at radius 2 is 1.86 bits per heavy atom. The smallest absolute Gasteiger partial charge is 0.276 e. The Balaban J connectivity index is 1.23. The van der Waals surface area contributed by atoms with E-state index in [4.69, 9.17) is 10.1 Å². The van der Waals surface area contributed by atoms with Gasteiger partial charge in [0.25, 0.3) is 11.5 Å². The van der Waals surface area contributed by atoms with Crippen molar-refractivity contribution in [2.75, 3.05) is 30.4 Å². The topological polar surface area (TPSA) is 93.2 Å². The van der Waals surface area contributed by atoms with E-state index < -0.39 is 0 Å². The highest BCUT2D eigenvalue weighted by atomic mass is 16.2. The number of likely N-dealkylation sites (N-methyl/N-ethyl adjacent to an activating group) is 1. The molecule has 0 fully saturated rings. The molecule has 3 aliphatic rings. The second kappa shape index (κ2) is 9.69. The maximum atomic E-state index is 13.9. The number of anilines is 3. The van der Waals surface area contributed by atoms with Gasteiger partial charge in [0.15, 0.2) is 5.82 Å². The second-order valence-electron chi connectivity index (χ2n) is 12.8. The summed E-state index contributed by atoms with van der Waals surface area (Å²) in [6.45, 7) is 10.6. The molecule has 1 N–H and O–H groups in total. The van der Waals surface area contributed by atoms with Crippen LogP contribution in [0.4, 0.5) is 17.3 Å². The van der Waals surface area contributed by atoms with Crippen molar-refractivity contribution < 1.29 is 4.79 Å². The molecule has 1 amide bonds. The number of nitrogens with one attached hydrogen (secondary N) is 1. The van der Waals surface area contributed by atoms with E-state index in [-0.39, 0.29) is 16.9 Å². The van der Waals surface area contributed by atoms with E-state index in [1.54, 1.807) is 17.8 Å². The van der Waals surface area contributed by atoms with Crippen LogP contribution in [0.5, 0.6) is 0 Å². The first-order valence-corrected chi connectivity index (χ1v) is 14.9. The molecule has 2 aliphatic heterocycles. The van der Waals surface area contributed by atoms with E-state index in [0.29, 0.717) is 30.3 Å². The minimum absolute atomic E-state index is 0.00465. The third-order valence-electron chi connectivity index (χ3n) is 9.01. The number of fused-ring (bicyclic) bond motifs is 4. The first-order chi connectivity index (χ1) is 20.1. The van der Waals surface area contributed by atoms with Gasteiger partial charge in [0, 0.05) is 68.5 Å². The van der Waals surface area contributed by atoms with E-state index in [1.807, 2.05) is 34.0 Å². The number of hydrogen-bond donors (Lipinski definition) is 1. The molecule has 6 heterocycles. The van der Waals surface area contributed by atoms with Gasteiger partial charge in [-0.05, 0) is 61.1 Å². The van der Waals surface area contributed by atoms with E-state index >= 15 is 0 Å². The van der Waals surface area contributed by atoms with Gasteiger partial charge in [0.05, 0.1) is 12.2 Å². The van der Waals surface area contributed by atoms with Crippen molar-refractivity contribution in [1.82, 2.24) is 28.8 Å². The fraction of sp³-hybridized carbons (Fsp3) is 0.438. The monoisotopic (exact) mass is 566 g/mol. The molecule has 0 aromatic carbocycles. The summed E-state index contributed by atoms with van der Waals surface area (Å²) in [4.78, 5) is 35.9. The first kappa shape index (κ1) is 26.7. The van der Waals surface area contributed by atoms with Gasteiger partial charge in [-0.3, -0.25) is 24.1 Å². The largest absolute Gasteiger partial charge is 0.339 e. The Labute approximate surface area is 245 Å². The Hall–Kier alpha value is -4.18. The summed E-state index contributed by atoms with van der Waals surface area (Å²) in [6.07, 6.45) is 6.33. The molecular formula is C32H38N8O2. The molecule has 4 aromatic rings. The van der Waals surface area contributed by atoms with Gasteiger partial charge in [0.2, 0.25) is 0 Å². The van der Waals surface area contributed by atoms with Gasteiger partial charge in [-0.15, -0.1) is 0 Å². The Kier molecular flexibility index (Phi) is 6.16. The summed E-state index contributed by atoms with van der Waals surface area (Å²) >= 11 is 0. The molecule has 0 saturated heterocycles. The standard InChI is InChI=1S/C32H38N8O2/c1-6-23-24(21-13-25(30(41)37(5)18-21)34-28-15-22-19-36(4)9-12-40(22)35-28)7-8-33-29(23)39-11-10-38-26(31(39)42)14-20-16-32(2,3)17-27(20)38/h7-8,13-15,18H,6,9-12,16-17,19H2,1-5H3,(H,34,35). The molecule has 4 aromatic heterocycles. The minimum atomic E-state index is -0.127. The molecule has 1 aliphatic carbocycles. The zero-order chi connectivity index (χ0) is 29.3. The average Bonchev–Trinajstić information content (AvgIpc) is 3.60. The number of nitrogens with zero attached hydrogens (tertiary/aromatic N) is 7. The SMILES string of the molecule is CCc1c(-c2cc(Nc3cc4n(n3)CCN(C)C4)c(=O)n(C)c2)ccnc1N1CCn2c(cc3c2CC(C)(C)C3)C1=O. The van der Waals surface area contributed by atoms with Crippen LogP contribution in [0, 0.1) is 5.41 Å². The van der Waals surface area contributed by atoms with Gasteiger partial charge in [-0.2, -0.15) is 5.10 Å². The zero-order valence-electron chi connectivity index (χ0n) is 25.1. The molecule has 0 radical (unpaired) electrons. The maximum Gasteiger partial charge on any atom is 0.276 e. The third-order valence-corrected chi connectivity index (χ3v) is 9.01. The molecule has 0 unspecified atom stereocenters. The van der Waals surface area contributed by atoms with E-state index in [9.17, 15) is 9.59 Å². The van der Waals surface area contributed by atoms with Gasteiger partial charge < -0.3 is 14.5 Å². The number of carbonyl (C=O) groups is 1. The number of carbonyl (C=O) groups excluding carboxylic acids is 1. The number of aromatic nitrogens is 5. The minimum Gasteiger partial charge on any atom is -0.339 e. The quantitative estimate of drug-likeness (QED) is 0.393. The molecule has 0 spiro atoms. The molecule has 7 rings (SSSR count). The van der Waals surface area contributed by atoms with Crippen LogP contribution >= 0.6 is 0 Å². The van der Waals surface area contributed by atoms with Crippen LogP contribution in [0.25, 0.3) is 11.1 Å². The van der Waals surface area contributed by atoms with Crippen molar-refractivity contribution in [2.24, 2.45) is 12.5 Å². The van der Waals surface area contributed by atoms with Crippen LogP contribution in [-0.4, -0.2) is 54.8 Å². The van der Waals surface area contributed by atoms with Gasteiger partial charge in [0.1, 0.15) is 17.2 Å². The summed E-state index contributed by atoms with van der Waals surface area (Å²) in [5.41, 5.74) is 7.93. The Bertz CT molecular complexity index is 1790. The van der Waals surface area contributed by atoms with Gasteiger partial charge >= 0.3 is 0 Å². The molecular weight excluding hydrogens is 528 g/mol. The zero-order valence-corrected chi connectivity index (χ0v) is 25.1. The van der Waals surface area contributed by atoms with Gasteiger partial charge in [-0.25, -0.2) is 4.98 Å². The van der Waals surface area contributed by atoms with Crippen molar-refractivity contribution in [1.29, 1.82) is 0 Å². The highest BCUT2D eigenvalue weighted by Gasteiger charge is 2.37. The van der Waals surface area contributed by atoms with E-state index in [2.05, 4.69) is 48.7 Å². The number of aryl methyl sites for hydroxylation is 1. The van der Waals surface area contributed by atoms with Crippen molar-refractivity contribution in [3.8, 4) is 11.1 Å². The number of amides is 1. The first-order valence-electron chi connectivity index (χ1n) is 14.9. The lowest BCUT2D eigenvalue weighted by Crippen LogP contribution is -2.41. The number of pyridine rings is 2. The van der Waals surface area contributed by atoms with Crippen molar-refractivity contribution in [3.63, 3.8) is 0 Å². The fourth-order valence-electron chi connectivity index (χ4n) is 6.99. The van der Waals surface area contributed by atoms with Crippen LogP contribution in [0.2, 0.25) is 0 Å². The molecule has 0 saturated carbocycles. The highest BCUT2D eigenvalue weighted by Crippen LogP contribution is 2.40. The van der Waals surface area contributed by atoms with Crippen molar-refractivity contribution in [3.05, 3.63) is 75.2 Å². The van der Waals surface area contributed by atoms with Crippen LogP contribution in [0.15, 0.2) is 41.5 Å². The maximum absolute atomic E-state index is 13.9. The lowest BCUT2D eigenvalue weighted by Gasteiger charge is -2.31. The lowest BCUT2D eigenvalue weighted by molar-refractivity contribution is 0.0963. The molecule has 0 bridgehead atoms. The van der Waals surface area contributed by atoms with Gasteiger partial charge in [-0.1, -0.05) is 20.8 Å². The predicted octanol–water partition coefficient (Wildman–Crippen LogP) is 3.98. The summed E-state index contributed by atoms with van der Waals surface area (Å²) in [6, 6.07) is 7.98. The molecule has 10 heteroatoms. The summed E-state index contributed by atoms with van der Waals surface area (Å²) in [5, 5.41) is 7.98. The second-order valence-corrected chi connectivity index (χ2v) is 12.8. The predicted molar refractivity (Wildman–Crippen MR) is 163 cm³/mol. The van der Waals surface area contributed by atoms with Crippen LogP contribution in [0.3, 0.4) is 0 Å². The van der Waals surface area contributed by atoms with Crippen molar-refractivity contribution in [2.45, 2.75) is 59.7 Å². The summed E-state index contributed by atoms with van der Waals surface area (Å²) in [5.74, 6) is 1.37. The molecule has 218 valence electrons. The summed E-state index contributed by atoms with van der Waals surface area (Å²) in [7, 11) is 3.86. The Morgan fingerprint density at radius 3 is 2.67 bits per heavy atom. The third kappa shape index (κ3) is 4.36. The lowest BCUT2D eigenvalue weighted by atomic mass is 9.90. The van der Waals surface area contributed by atoms with Crippen LogP contribution in [0.1, 0.15) is 53.8 Å².